The number of aryl methyl sites for hydroxylation is 1. The Bertz CT molecular complexity index is 747. The lowest BCUT2D eigenvalue weighted by atomic mass is 10.1. The van der Waals surface area contributed by atoms with Gasteiger partial charge < -0.3 is 14.8 Å². The van der Waals surface area contributed by atoms with Crippen molar-refractivity contribution in [1.29, 1.82) is 5.26 Å². The quantitative estimate of drug-likeness (QED) is 0.344. The van der Waals surface area contributed by atoms with E-state index in [2.05, 4.69) is 22.2 Å². The molecule has 0 fully saturated rings. The number of nitriles is 1. The number of hydrogen-bond acceptors (Lipinski definition) is 5. The molecule has 2 rings (SSSR count). The number of benzene rings is 2. The van der Waals surface area contributed by atoms with Gasteiger partial charge in [-0.05, 0) is 42.7 Å². The summed E-state index contributed by atoms with van der Waals surface area (Å²) in [6.45, 7) is 0.641. The Kier molecular flexibility index (Phi) is 7.08. The van der Waals surface area contributed by atoms with E-state index in [4.69, 9.17) is 10.00 Å². The van der Waals surface area contributed by atoms with Crippen LogP contribution in [0.2, 0.25) is 0 Å². The van der Waals surface area contributed by atoms with E-state index in [1.54, 1.807) is 6.07 Å². The molecule has 0 radical (unpaired) electrons. The van der Waals surface area contributed by atoms with E-state index in [9.17, 15) is 4.79 Å². The third-order valence-electron chi connectivity index (χ3n) is 3.48. The average Bonchev–Trinajstić information content (AvgIpc) is 2.67. The van der Waals surface area contributed by atoms with Crippen molar-refractivity contribution in [3.63, 3.8) is 0 Å². The molecule has 0 bridgehead atoms. The van der Waals surface area contributed by atoms with Crippen LogP contribution in [-0.2, 0) is 16.0 Å². The van der Waals surface area contributed by atoms with E-state index in [1.165, 1.54) is 18.9 Å². The molecule has 0 heterocycles. The van der Waals surface area contributed by atoms with Crippen LogP contribution in [0.5, 0.6) is 5.75 Å². The first-order valence-electron chi connectivity index (χ1n) is 7.95. The summed E-state index contributed by atoms with van der Waals surface area (Å²) in [6, 6.07) is 19.4. The number of ether oxygens (including phenoxy) is 2. The number of nitrogens with zero attached hydrogens (tertiary/aromatic N) is 1. The molecule has 0 saturated heterocycles. The second-order valence-electron chi connectivity index (χ2n) is 5.27. The predicted molar refractivity (Wildman–Crippen MR) is 96.0 cm³/mol. The minimum Gasteiger partial charge on any atom is -0.494 e. The highest BCUT2D eigenvalue weighted by Gasteiger charge is 2.07. The van der Waals surface area contributed by atoms with Crippen LogP contribution in [0.25, 0.3) is 0 Å². The number of rotatable bonds is 8. The summed E-state index contributed by atoms with van der Waals surface area (Å²) in [7, 11) is 1.23. The lowest BCUT2D eigenvalue weighted by Crippen LogP contribution is -2.05. The second-order valence-corrected chi connectivity index (χ2v) is 5.27. The summed E-state index contributed by atoms with van der Waals surface area (Å²) in [5, 5.41) is 11.8. The molecule has 0 saturated carbocycles. The maximum Gasteiger partial charge on any atom is 0.350 e. The van der Waals surface area contributed by atoms with Gasteiger partial charge in [-0.3, -0.25) is 0 Å². The lowest BCUT2D eigenvalue weighted by Gasteiger charge is -2.07. The maximum absolute atomic E-state index is 11.3. The van der Waals surface area contributed by atoms with Gasteiger partial charge in [0.05, 0.1) is 13.7 Å². The molecule has 0 amide bonds. The SMILES string of the molecule is COC(=O)/C(C#N)=C/Nc1ccc(OCCCc2ccccc2)cc1. The van der Waals surface area contributed by atoms with Gasteiger partial charge in [-0.2, -0.15) is 5.26 Å². The van der Waals surface area contributed by atoms with Crippen molar-refractivity contribution in [3.8, 4) is 11.8 Å². The van der Waals surface area contributed by atoms with Gasteiger partial charge in [0, 0.05) is 11.9 Å². The molecule has 0 aliphatic carbocycles. The van der Waals surface area contributed by atoms with Gasteiger partial charge in [0.2, 0.25) is 0 Å². The molecule has 0 atom stereocenters. The van der Waals surface area contributed by atoms with Gasteiger partial charge in [0.1, 0.15) is 11.8 Å². The molecule has 0 aliphatic rings. The Balaban J connectivity index is 1.79. The monoisotopic (exact) mass is 336 g/mol. The van der Waals surface area contributed by atoms with E-state index >= 15 is 0 Å². The van der Waals surface area contributed by atoms with Gasteiger partial charge >= 0.3 is 5.97 Å². The summed E-state index contributed by atoms with van der Waals surface area (Å²) in [6.07, 6.45) is 3.24. The molecule has 0 spiro atoms. The van der Waals surface area contributed by atoms with Gasteiger partial charge in [-0.1, -0.05) is 30.3 Å². The van der Waals surface area contributed by atoms with Crippen molar-refractivity contribution in [3.05, 3.63) is 71.9 Å². The van der Waals surface area contributed by atoms with Crippen LogP contribution in [0.1, 0.15) is 12.0 Å². The summed E-state index contributed by atoms with van der Waals surface area (Å²) in [5.41, 5.74) is 1.95. The Labute approximate surface area is 147 Å². The lowest BCUT2D eigenvalue weighted by molar-refractivity contribution is -0.135. The van der Waals surface area contributed by atoms with Crippen LogP contribution >= 0.6 is 0 Å². The third kappa shape index (κ3) is 6.04. The molecule has 1 N–H and O–H groups in total. The zero-order valence-corrected chi connectivity index (χ0v) is 14.1. The molecule has 0 aliphatic heterocycles. The predicted octanol–water partition coefficient (Wildman–Crippen LogP) is 3.69. The van der Waals surface area contributed by atoms with E-state index < -0.39 is 5.97 Å². The second kappa shape index (κ2) is 9.78. The number of esters is 1. The molecule has 5 nitrogen and oxygen atoms in total. The number of carbonyl (C=O) groups is 1. The van der Waals surface area contributed by atoms with Crippen LogP contribution in [-0.4, -0.2) is 19.7 Å². The first-order chi connectivity index (χ1) is 12.2. The maximum atomic E-state index is 11.3. The fourth-order valence-corrected chi connectivity index (χ4v) is 2.16. The van der Waals surface area contributed by atoms with Gasteiger partial charge in [-0.15, -0.1) is 0 Å². The van der Waals surface area contributed by atoms with E-state index in [1.807, 2.05) is 42.5 Å². The molecule has 128 valence electrons. The summed E-state index contributed by atoms with van der Waals surface area (Å²) in [4.78, 5) is 11.3. The largest absolute Gasteiger partial charge is 0.494 e. The fraction of sp³-hybridized carbons (Fsp3) is 0.200. The van der Waals surface area contributed by atoms with Crippen LogP contribution in [0.15, 0.2) is 66.4 Å². The Morgan fingerprint density at radius 1 is 1.16 bits per heavy atom. The van der Waals surface area contributed by atoms with Crippen molar-refractivity contribution < 1.29 is 14.3 Å². The van der Waals surface area contributed by atoms with Crippen LogP contribution in [0.3, 0.4) is 0 Å². The van der Waals surface area contributed by atoms with E-state index in [-0.39, 0.29) is 5.57 Å². The van der Waals surface area contributed by atoms with Crippen molar-refractivity contribution in [1.82, 2.24) is 0 Å². The molecular weight excluding hydrogens is 316 g/mol. The zero-order valence-electron chi connectivity index (χ0n) is 14.1. The van der Waals surface area contributed by atoms with Crippen molar-refractivity contribution in [2.75, 3.05) is 19.0 Å². The average molecular weight is 336 g/mol. The summed E-state index contributed by atoms with van der Waals surface area (Å²) < 4.78 is 10.2. The van der Waals surface area contributed by atoms with Crippen molar-refractivity contribution in [2.24, 2.45) is 0 Å². The number of hydrogen-bond donors (Lipinski definition) is 1. The number of anilines is 1. The van der Waals surface area contributed by atoms with Gasteiger partial charge in [0.15, 0.2) is 5.57 Å². The van der Waals surface area contributed by atoms with E-state index in [0.717, 1.165) is 24.3 Å². The number of nitrogens with one attached hydrogen (secondary N) is 1. The molecular formula is C20H20N2O3. The Morgan fingerprint density at radius 3 is 2.52 bits per heavy atom. The molecule has 0 aromatic heterocycles. The zero-order chi connectivity index (χ0) is 17.9. The topological polar surface area (TPSA) is 71.4 Å². The molecule has 2 aromatic rings. The normalized spacial score (nSPS) is 10.6. The van der Waals surface area contributed by atoms with Gasteiger partial charge in [-0.25, -0.2) is 4.79 Å². The molecule has 25 heavy (non-hydrogen) atoms. The highest BCUT2D eigenvalue weighted by atomic mass is 16.5. The van der Waals surface area contributed by atoms with Crippen molar-refractivity contribution in [2.45, 2.75) is 12.8 Å². The van der Waals surface area contributed by atoms with Crippen molar-refractivity contribution >= 4 is 11.7 Å². The number of carbonyl (C=O) groups excluding carboxylic acids is 1. The molecule has 5 heteroatoms. The number of methoxy groups -OCH3 is 1. The smallest absolute Gasteiger partial charge is 0.350 e. The first-order valence-corrected chi connectivity index (χ1v) is 7.95. The Hall–Kier alpha value is -3.26. The third-order valence-corrected chi connectivity index (χ3v) is 3.48. The standard InChI is InChI=1S/C20H20N2O3/c1-24-20(23)17(14-21)15-22-18-9-11-19(12-10-18)25-13-5-8-16-6-3-2-4-7-16/h2-4,6-7,9-12,15,22H,5,8,13H2,1H3/b17-15+. The highest BCUT2D eigenvalue weighted by molar-refractivity contribution is 5.93. The fourth-order valence-electron chi connectivity index (χ4n) is 2.16. The van der Waals surface area contributed by atoms with E-state index in [0.29, 0.717) is 6.61 Å². The minimum absolute atomic E-state index is 0.0938. The van der Waals surface area contributed by atoms with Gasteiger partial charge in [0.25, 0.3) is 0 Å². The summed E-state index contributed by atoms with van der Waals surface area (Å²) in [5.74, 6) is 0.101. The summed E-state index contributed by atoms with van der Waals surface area (Å²) >= 11 is 0. The highest BCUT2D eigenvalue weighted by Crippen LogP contribution is 2.16. The first kappa shape index (κ1) is 18.1. The molecule has 2 aromatic carbocycles. The van der Waals surface area contributed by atoms with Crippen LogP contribution in [0, 0.1) is 11.3 Å². The van der Waals surface area contributed by atoms with Crippen LogP contribution in [0.4, 0.5) is 5.69 Å². The van der Waals surface area contributed by atoms with Crippen LogP contribution < -0.4 is 10.1 Å². The minimum atomic E-state index is -0.673. The molecule has 0 unspecified atom stereocenters. The Morgan fingerprint density at radius 2 is 1.88 bits per heavy atom.